The average Bonchev–Trinajstić information content (AvgIpc) is 3.12. The third-order valence-corrected chi connectivity index (χ3v) is 4.83. The molecule has 1 saturated heterocycles. The van der Waals surface area contributed by atoms with Gasteiger partial charge in [0.2, 0.25) is 5.91 Å². The molecule has 0 saturated carbocycles. The average molecular weight is 461 g/mol. The van der Waals surface area contributed by atoms with Crippen molar-refractivity contribution in [1.29, 1.82) is 0 Å². The number of amides is 3. The highest BCUT2D eigenvalue weighted by atomic mass is 35.5. The molecule has 0 aliphatic carbocycles. The van der Waals surface area contributed by atoms with Crippen LogP contribution >= 0.6 is 11.6 Å². The standard InChI is InChI=1S/C20H17ClN4O7/c21-16-7-2-1-6-15(16)19(28)23-24-10-12(8-18(24)27)20(29)32-11-17(26)22-13-4-3-5-14(9-13)25(30)31/h1-7,9,12H,8,10-11H2,(H,22,26)(H,23,28)/t12-/m1/s1. The van der Waals surface area contributed by atoms with Crippen LogP contribution in [0.5, 0.6) is 0 Å². The van der Waals surface area contributed by atoms with Crippen LogP contribution in [0.4, 0.5) is 11.4 Å². The molecule has 2 aromatic carbocycles. The number of non-ortho nitro benzene ring substituents is 1. The number of carbonyl (C=O) groups is 4. The van der Waals surface area contributed by atoms with E-state index in [2.05, 4.69) is 10.7 Å². The SMILES string of the molecule is O=C(COC(=O)[C@@H]1CC(=O)N(NC(=O)c2ccccc2Cl)C1)Nc1cccc([N+](=O)[O-])c1. The Hall–Kier alpha value is -3.99. The van der Waals surface area contributed by atoms with Crippen LogP contribution in [0.3, 0.4) is 0 Å². The van der Waals surface area contributed by atoms with Crippen molar-refractivity contribution in [2.24, 2.45) is 5.92 Å². The first kappa shape index (κ1) is 22.7. The van der Waals surface area contributed by atoms with Gasteiger partial charge in [-0.05, 0) is 18.2 Å². The van der Waals surface area contributed by atoms with E-state index in [1.54, 1.807) is 12.1 Å². The lowest BCUT2D eigenvalue weighted by Crippen LogP contribution is -2.43. The van der Waals surface area contributed by atoms with Gasteiger partial charge >= 0.3 is 5.97 Å². The lowest BCUT2D eigenvalue weighted by molar-refractivity contribution is -0.384. The first-order valence-corrected chi connectivity index (χ1v) is 9.69. The van der Waals surface area contributed by atoms with E-state index in [0.29, 0.717) is 0 Å². The first-order valence-electron chi connectivity index (χ1n) is 9.31. The molecule has 0 bridgehead atoms. The molecule has 32 heavy (non-hydrogen) atoms. The fourth-order valence-electron chi connectivity index (χ4n) is 2.95. The maximum Gasteiger partial charge on any atom is 0.311 e. The van der Waals surface area contributed by atoms with E-state index in [4.69, 9.17) is 16.3 Å². The van der Waals surface area contributed by atoms with Crippen molar-refractivity contribution in [3.63, 3.8) is 0 Å². The second-order valence-corrected chi connectivity index (χ2v) is 7.20. The Balaban J connectivity index is 1.49. The minimum absolute atomic E-state index is 0.125. The van der Waals surface area contributed by atoms with Gasteiger partial charge in [-0.3, -0.25) is 39.7 Å². The van der Waals surface area contributed by atoms with E-state index in [1.807, 2.05) is 0 Å². The number of hydrazine groups is 1. The van der Waals surface area contributed by atoms with Gasteiger partial charge in [0.15, 0.2) is 6.61 Å². The summed E-state index contributed by atoms with van der Waals surface area (Å²) in [5.41, 5.74) is 2.54. The summed E-state index contributed by atoms with van der Waals surface area (Å²) in [6, 6.07) is 11.6. The van der Waals surface area contributed by atoms with Crippen molar-refractivity contribution >= 4 is 46.7 Å². The number of nitrogens with one attached hydrogen (secondary N) is 2. The molecule has 2 N–H and O–H groups in total. The Morgan fingerprint density at radius 3 is 2.66 bits per heavy atom. The number of ether oxygens (including phenoxy) is 1. The second kappa shape index (κ2) is 9.88. The summed E-state index contributed by atoms with van der Waals surface area (Å²) in [7, 11) is 0. The molecule has 1 atom stereocenters. The number of halogens is 1. The Morgan fingerprint density at radius 1 is 1.19 bits per heavy atom. The lowest BCUT2D eigenvalue weighted by atomic mass is 10.1. The zero-order valence-corrected chi connectivity index (χ0v) is 17.2. The van der Waals surface area contributed by atoms with E-state index in [-0.39, 0.29) is 34.9 Å². The lowest BCUT2D eigenvalue weighted by Gasteiger charge is -2.18. The third kappa shape index (κ3) is 5.58. The molecular weight excluding hydrogens is 444 g/mol. The molecule has 3 rings (SSSR count). The van der Waals surface area contributed by atoms with E-state index < -0.39 is 41.1 Å². The topological polar surface area (TPSA) is 148 Å². The van der Waals surface area contributed by atoms with Crippen LogP contribution in [0.15, 0.2) is 48.5 Å². The summed E-state index contributed by atoms with van der Waals surface area (Å²) in [4.78, 5) is 58.8. The van der Waals surface area contributed by atoms with Crippen LogP contribution in [0, 0.1) is 16.0 Å². The van der Waals surface area contributed by atoms with Gasteiger partial charge in [-0.2, -0.15) is 0 Å². The number of nitrogens with zero attached hydrogens (tertiary/aromatic N) is 2. The van der Waals surface area contributed by atoms with Gasteiger partial charge in [-0.1, -0.05) is 29.8 Å². The van der Waals surface area contributed by atoms with Crippen molar-refractivity contribution in [2.75, 3.05) is 18.5 Å². The quantitative estimate of drug-likeness (QED) is 0.364. The smallest absolute Gasteiger partial charge is 0.311 e. The summed E-state index contributed by atoms with van der Waals surface area (Å²) >= 11 is 5.96. The van der Waals surface area contributed by atoms with Crippen LogP contribution in [0.25, 0.3) is 0 Å². The normalized spacial score (nSPS) is 15.2. The van der Waals surface area contributed by atoms with Crippen molar-refractivity contribution in [2.45, 2.75) is 6.42 Å². The predicted octanol–water partition coefficient (Wildman–Crippen LogP) is 1.92. The minimum Gasteiger partial charge on any atom is -0.455 e. The maximum absolute atomic E-state index is 12.3. The van der Waals surface area contributed by atoms with Gasteiger partial charge in [-0.15, -0.1) is 0 Å². The van der Waals surface area contributed by atoms with Gasteiger partial charge < -0.3 is 10.1 Å². The van der Waals surface area contributed by atoms with E-state index in [1.165, 1.54) is 30.3 Å². The van der Waals surface area contributed by atoms with Crippen molar-refractivity contribution < 1.29 is 28.8 Å². The summed E-state index contributed by atoms with van der Waals surface area (Å²) in [6.45, 7) is -0.765. The fraction of sp³-hybridized carbons (Fsp3) is 0.200. The third-order valence-electron chi connectivity index (χ3n) is 4.50. The highest BCUT2D eigenvalue weighted by Crippen LogP contribution is 2.20. The summed E-state index contributed by atoms with van der Waals surface area (Å²) in [5.74, 6) is -3.46. The predicted molar refractivity (Wildman–Crippen MR) is 111 cm³/mol. The van der Waals surface area contributed by atoms with Crippen LogP contribution in [-0.2, 0) is 19.1 Å². The van der Waals surface area contributed by atoms with E-state index in [9.17, 15) is 29.3 Å². The van der Waals surface area contributed by atoms with Crippen LogP contribution < -0.4 is 10.7 Å². The Morgan fingerprint density at radius 2 is 1.94 bits per heavy atom. The van der Waals surface area contributed by atoms with Crippen molar-refractivity contribution in [1.82, 2.24) is 10.4 Å². The Labute approximate surface area is 186 Å². The summed E-state index contributed by atoms with van der Waals surface area (Å²) < 4.78 is 4.95. The van der Waals surface area contributed by atoms with Gasteiger partial charge in [0, 0.05) is 24.2 Å². The number of carbonyl (C=O) groups excluding carboxylic acids is 4. The van der Waals surface area contributed by atoms with E-state index in [0.717, 1.165) is 11.1 Å². The fourth-order valence-corrected chi connectivity index (χ4v) is 3.17. The molecule has 1 fully saturated rings. The first-order chi connectivity index (χ1) is 15.2. The van der Waals surface area contributed by atoms with Crippen LogP contribution in [-0.4, -0.2) is 46.8 Å². The van der Waals surface area contributed by atoms with Gasteiger partial charge in [0.05, 0.1) is 28.0 Å². The van der Waals surface area contributed by atoms with Gasteiger partial charge in [0.1, 0.15) is 0 Å². The van der Waals surface area contributed by atoms with Crippen molar-refractivity contribution in [3.8, 4) is 0 Å². The number of hydrogen-bond acceptors (Lipinski definition) is 7. The van der Waals surface area contributed by atoms with Gasteiger partial charge in [0.25, 0.3) is 17.5 Å². The molecule has 1 heterocycles. The molecule has 11 nitrogen and oxygen atoms in total. The largest absolute Gasteiger partial charge is 0.455 e. The van der Waals surface area contributed by atoms with E-state index >= 15 is 0 Å². The van der Waals surface area contributed by atoms with Crippen LogP contribution in [0.2, 0.25) is 5.02 Å². The molecule has 12 heteroatoms. The van der Waals surface area contributed by atoms with Crippen molar-refractivity contribution in [3.05, 3.63) is 69.2 Å². The molecule has 0 unspecified atom stereocenters. The number of nitro benzene ring substituents is 1. The zero-order chi connectivity index (χ0) is 23.3. The molecule has 0 radical (unpaired) electrons. The van der Waals surface area contributed by atoms with Gasteiger partial charge in [-0.25, -0.2) is 0 Å². The summed E-state index contributed by atoms with van der Waals surface area (Å²) in [6.07, 6.45) is -0.200. The number of hydrogen-bond donors (Lipinski definition) is 2. The second-order valence-electron chi connectivity index (χ2n) is 6.79. The molecule has 2 aromatic rings. The molecule has 3 amide bonds. The number of anilines is 1. The molecule has 1 aliphatic rings. The minimum atomic E-state index is -0.875. The van der Waals surface area contributed by atoms with Crippen LogP contribution in [0.1, 0.15) is 16.8 Å². The monoisotopic (exact) mass is 460 g/mol. The molecule has 1 aliphatic heterocycles. The number of benzene rings is 2. The number of esters is 1. The Kier molecular flexibility index (Phi) is 7.00. The highest BCUT2D eigenvalue weighted by molar-refractivity contribution is 6.33. The zero-order valence-electron chi connectivity index (χ0n) is 16.4. The highest BCUT2D eigenvalue weighted by Gasteiger charge is 2.37. The molecule has 166 valence electrons. The summed E-state index contributed by atoms with van der Waals surface area (Å²) in [5, 5.41) is 14.4. The Bertz CT molecular complexity index is 1090. The molecular formula is C20H17ClN4O7. The molecule has 0 spiro atoms. The number of nitro groups is 1. The number of rotatable bonds is 7. The molecule has 0 aromatic heterocycles. The maximum atomic E-state index is 12.3.